The first kappa shape index (κ1) is 14.8. The fourth-order valence-electron chi connectivity index (χ4n) is 2.98. The summed E-state index contributed by atoms with van der Waals surface area (Å²) in [5.41, 5.74) is 0. The number of carbonyl (C=O) groups is 1. The molecule has 0 aromatic rings. The molecule has 2 rings (SSSR count). The molecule has 2 heterocycles. The maximum Gasteiger partial charge on any atom is 0.223 e. The van der Waals surface area contributed by atoms with Crippen LogP contribution >= 0.6 is 0 Å². The molecule has 0 N–H and O–H groups in total. The minimum atomic E-state index is -3.04. The van der Waals surface area contributed by atoms with E-state index in [0.717, 1.165) is 32.6 Å². The van der Waals surface area contributed by atoms with Crippen molar-refractivity contribution in [2.75, 3.05) is 38.2 Å². The van der Waals surface area contributed by atoms with Gasteiger partial charge in [-0.3, -0.25) is 9.69 Å². The monoisotopic (exact) mass is 288 g/mol. The lowest BCUT2D eigenvalue weighted by Crippen LogP contribution is -2.41. The molecule has 1 atom stereocenters. The number of hydrogen-bond acceptors (Lipinski definition) is 4. The highest BCUT2D eigenvalue weighted by atomic mass is 32.2. The van der Waals surface area contributed by atoms with Crippen molar-refractivity contribution < 1.29 is 13.2 Å². The summed E-state index contributed by atoms with van der Waals surface area (Å²) in [5.74, 6) is -0.0404. The van der Waals surface area contributed by atoms with E-state index in [1.807, 2.05) is 4.90 Å². The second-order valence-electron chi connectivity index (χ2n) is 5.76. The standard InChI is InChI=1S/C13H24N2O3S/c1-19(17,18)10-6-13(16)15-9-5-12(11-15)14-7-3-2-4-8-14/h12H,2-11H2,1H3. The predicted octanol–water partition coefficient (Wildman–Crippen LogP) is 0.508. The van der Waals surface area contributed by atoms with Crippen LogP contribution in [0.1, 0.15) is 32.1 Å². The molecule has 2 fully saturated rings. The molecule has 0 aromatic heterocycles. The molecule has 19 heavy (non-hydrogen) atoms. The Balaban J connectivity index is 1.79. The Labute approximate surface area is 115 Å². The van der Waals surface area contributed by atoms with Crippen molar-refractivity contribution in [1.29, 1.82) is 0 Å². The summed E-state index contributed by atoms with van der Waals surface area (Å²) in [6.45, 7) is 3.86. The smallest absolute Gasteiger partial charge is 0.223 e. The first-order valence-corrected chi connectivity index (χ1v) is 9.21. The normalized spacial score (nSPS) is 25.7. The van der Waals surface area contributed by atoms with Crippen molar-refractivity contribution in [3.05, 3.63) is 0 Å². The highest BCUT2D eigenvalue weighted by Crippen LogP contribution is 2.20. The van der Waals surface area contributed by atoms with Crippen LogP contribution in [0.3, 0.4) is 0 Å². The van der Waals surface area contributed by atoms with Gasteiger partial charge >= 0.3 is 0 Å². The Morgan fingerprint density at radius 3 is 2.47 bits per heavy atom. The molecule has 0 saturated carbocycles. The molecule has 1 unspecified atom stereocenters. The highest BCUT2D eigenvalue weighted by Gasteiger charge is 2.30. The fourth-order valence-corrected chi connectivity index (χ4v) is 3.53. The predicted molar refractivity (Wildman–Crippen MR) is 74.7 cm³/mol. The quantitative estimate of drug-likeness (QED) is 0.756. The van der Waals surface area contributed by atoms with Gasteiger partial charge in [-0.2, -0.15) is 0 Å². The van der Waals surface area contributed by atoms with Gasteiger partial charge in [-0.1, -0.05) is 6.42 Å². The number of amides is 1. The van der Waals surface area contributed by atoms with Crippen LogP contribution in [0, 0.1) is 0 Å². The van der Waals surface area contributed by atoms with Crippen LogP contribution in [-0.4, -0.2) is 68.4 Å². The summed E-state index contributed by atoms with van der Waals surface area (Å²) in [4.78, 5) is 16.3. The zero-order valence-electron chi connectivity index (χ0n) is 11.7. The van der Waals surface area contributed by atoms with Crippen molar-refractivity contribution in [2.24, 2.45) is 0 Å². The van der Waals surface area contributed by atoms with Crippen LogP contribution in [-0.2, 0) is 14.6 Å². The lowest BCUT2D eigenvalue weighted by Gasteiger charge is -2.32. The topological polar surface area (TPSA) is 57.7 Å². The van der Waals surface area contributed by atoms with Gasteiger partial charge in [-0.05, 0) is 32.4 Å². The van der Waals surface area contributed by atoms with Crippen LogP contribution in [0.2, 0.25) is 0 Å². The first-order valence-electron chi connectivity index (χ1n) is 7.15. The second kappa shape index (κ2) is 6.22. The van der Waals surface area contributed by atoms with Crippen LogP contribution in [0.15, 0.2) is 0 Å². The van der Waals surface area contributed by atoms with E-state index >= 15 is 0 Å². The van der Waals surface area contributed by atoms with Gasteiger partial charge in [0.05, 0.1) is 5.75 Å². The Kier molecular flexibility index (Phi) is 4.84. The molecule has 110 valence electrons. The van der Waals surface area contributed by atoms with Crippen molar-refractivity contribution >= 4 is 15.7 Å². The number of carbonyl (C=O) groups excluding carboxylic acids is 1. The highest BCUT2D eigenvalue weighted by molar-refractivity contribution is 7.90. The van der Waals surface area contributed by atoms with E-state index in [4.69, 9.17) is 0 Å². The first-order chi connectivity index (χ1) is 8.96. The SMILES string of the molecule is CS(=O)(=O)CCC(=O)N1CCC(N2CCCCC2)C1. The van der Waals surface area contributed by atoms with Crippen LogP contribution < -0.4 is 0 Å². The maximum absolute atomic E-state index is 12.0. The molecule has 1 amide bonds. The van der Waals surface area contributed by atoms with Gasteiger partial charge in [-0.15, -0.1) is 0 Å². The van der Waals surface area contributed by atoms with Crippen molar-refractivity contribution in [3.63, 3.8) is 0 Å². The van der Waals surface area contributed by atoms with Gasteiger partial charge in [0.25, 0.3) is 0 Å². The van der Waals surface area contributed by atoms with Gasteiger partial charge in [-0.25, -0.2) is 8.42 Å². The minimum Gasteiger partial charge on any atom is -0.341 e. The van der Waals surface area contributed by atoms with Gasteiger partial charge in [0, 0.05) is 31.8 Å². The number of piperidine rings is 1. The van der Waals surface area contributed by atoms with Crippen molar-refractivity contribution in [1.82, 2.24) is 9.80 Å². The molecule has 0 spiro atoms. The molecule has 0 aliphatic carbocycles. The average molecular weight is 288 g/mol. The molecule has 0 bridgehead atoms. The average Bonchev–Trinajstić information content (AvgIpc) is 2.86. The third-order valence-electron chi connectivity index (χ3n) is 4.11. The molecule has 2 saturated heterocycles. The van der Waals surface area contributed by atoms with Crippen molar-refractivity contribution in [2.45, 2.75) is 38.1 Å². The van der Waals surface area contributed by atoms with Gasteiger partial charge in [0.2, 0.25) is 5.91 Å². The van der Waals surface area contributed by atoms with E-state index in [1.54, 1.807) is 0 Å². The lowest BCUT2D eigenvalue weighted by molar-refractivity contribution is -0.129. The van der Waals surface area contributed by atoms with E-state index in [9.17, 15) is 13.2 Å². The van der Waals surface area contributed by atoms with Crippen LogP contribution in [0.5, 0.6) is 0 Å². The zero-order valence-corrected chi connectivity index (χ0v) is 12.5. The summed E-state index contributed by atoms with van der Waals surface area (Å²) in [5, 5.41) is 0. The maximum atomic E-state index is 12.0. The second-order valence-corrected chi connectivity index (χ2v) is 8.02. The third kappa shape index (κ3) is 4.45. The molecule has 0 aromatic carbocycles. The summed E-state index contributed by atoms with van der Waals surface area (Å²) in [7, 11) is -3.04. The molecule has 6 heteroatoms. The summed E-state index contributed by atoms with van der Waals surface area (Å²) in [6, 6.07) is 0.488. The number of likely N-dealkylation sites (tertiary alicyclic amines) is 2. The van der Waals surface area contributed by atoms with Crippen LogP contribution in [0.4, 0.5) is 0 Å². The number of nitrogens with zero attached hydrogens (tertiary/aromatic N) is 2. The largest absolute Gasteiger partial charge is 0.341 e. The van der Waals surface area contributed by atoms with E-state index in [1.165, 1.54) is 25.5 Å². The van der Waals surface area contributed by atoms with Gasteiger partial charge in [0.1, 0.15) is 9.84 Å². The van der Waals surface area contributed by atoms with E-state index in [-0.39, 0.29) is 18.1 Å². The Morgan fingerprint density at radius 1 is 1.16 bits per heavy atom. The van der Waals surface area contributed by atoms with E-state index in [2.05, 4.69) is 4.90 Å². The number of hydrogen-bond donors (Lipinski definition) is 0. The number of rotatable bonds is 4. The minimum absolute atomic E-state index is 0.00932. The Bertz CT molecular complexity index is 416. The Hall–Kier alpha value is -0.620. The summed E-state index contributed by atoms with van der Waals surface area (Å²) in [6.07, 6.45) is 6.19. The molecular formula is C13H24N2O3S. The number of sulfone groups is 1. The van der Waals surface area contributed by atoms with Crippen LogP contribution in [0.25, 0.3) is 0 Å². The molecule has 5 nitrogen and oxygen atoms in total. The lowest BCUT2D eigenvalue weighted by atomic mass is 10.1. The zero-order chi connectivity index (χ0) is 13.9. The molecule has 2 aliphatic rings. The molecule has 2 aliphatic heterocycles. The molecule has 0 radical (unpaired) electrons. The summed E-state index contributed by atoms with van der Waals surface area (Å²) >= 11 is 0. The van der Waals surface area contributed by atoms with Gasteiger partial charge in [0.15, 0.2) is 0 Å². The summed E-state index contributed by atoms with van der Waals surface area (Å²) < 4.78 is 22.2. The third-order valence-corrected chi connectivity index (χ3v) is 5.06. The fraction of sp³-hybridized carbons (Fsp3) is 0.923. The van der Waals surface area contributed by atoms with Crippen molar-refractivity contribution in [3.8, 4) is 0 Å². The Morgan fingerprint density at radius 2 is 1.84 bits per heavy atom. The van der Waals surface area contributed by atoms with E-state index in [0.29, 0.717) is 6.04 Å². The molecular weight excluding hydrogens is 264 g/mol. The van der Waals surface area contributed by atoms with Gasteiger partial charge < -0.3 is 4.90 Å². The van der Waals surface area contributed by atoms with E-state index < -0.39 is 9.84 Å².